The summed E-state index contributed by atoms with van der Waals surface area (Å²) in [4.78, 5) is 23.8. The molecule has 2 N–H and O–H groups in total. The predicted octanol–water partition coefficient (Wildman–Crippen LogP) is 2.51. The minimum Gasteiger partial charge on any atom is -0.467 e. The minimum absolute atomic E-state index is 0.0297. The van der Waals surface area contributed by atoms with Crippen LogP contribution in [0.15, 0.2) is 42.5 Å². The standard InChI is InChI=1S/C18H22Cl3NO6/c1-17(16(25)26-2,22-15(24)18(19,20)21)9-8-14(23)11-28-12-27-10-13-6-4-3-5-7-13/h3-9,14,23H,10-12H2,1-2H3,(H,22,24)/b9-8+/t14-,17+/m1/s1. The highest BCUT2D eigenvalue weighted by atomic mass is 35.6. The van der Waals surface area contributed by atoms with E-state index in [0.29, 0.717) is 6.61 Å². The summed E-state index contributed by atoms with van der Waals surface area (Å²) in [7, 11) is 1.14. The number of rotatable bonds is 10. The molecule has 156 valence electrons. The molecule has 7 nitrogen and oxygen atoms in total. The molecule has 2 atom stereocenters. The van der Waals surface area contributed by atoms with Gasteiger partial charge in [0.2, 0.25) is 0 Å². The van der Waals surface area contributed by atoms with E-state index in [4.69, 9.17) is 44.3 Å². The number of ether oxygens (including phenoxy) is 3. The molecule has 1 rings (SSSR count). The number of hydrogen-bond acceptors (Lipinski definition) is 6. The van der Waals surface area contributed by atoms with Gasteiger partial charge in [-0.1, -0.05) is 71.2 Å². The molecule has 0 saturated carbocycles. The van der Waals surface area contributed by atoms with Gasteiger partial charge in [0.1, 0.15) is 6.79 Å². The van der Waals surface area contributed by atoms with Gasteiger partial charge in [-0.25, -0.2) is 4.79 Å². The first-order valence-electron chi connectivity index (χ1n) is 8.13. The fourth-order valence-electron chi connectivity index (χ4n) is 2.00. The molecule has 0 heterocycles. The number of hydrogen-bond donors (Lipinski definition) is 2. The van der Waals surface area contributed by atoms with E-state index in [0.717, 1.165) is 12.7 Å². The van der Waals surface area contributed by atoms with Crippen LogP contribution in [0.2, 0.25) is 0 Å². The van der Waals surface area contributed by atoms with E-state index in [1.807, 2.05) is 30.3 Å². The summed E-state index contributed by atoms with van der Waals surface area (Å²) in [5.74, 6) is -1.83. The molecule has 0 unspecified atom stereocenters. The Labute approximate surface area is 178 Å². The number of alkyl halides is 3. The maximum Gasteiger partial charge on any atom is 0.335 e. The highest BCUT2D eigenvalue weighted by Gasteiger charge is 2.40. The maximum atomic E-state index is 12.0. The fraction of sp³-hybridized carbons (Fsp3) is 0.444. The van der Waals surface area contributed by atoms with Gasteiger partial charge >= 0.3 is 5.97 Å². The average molecular weight is 455 g/mol. The first-order valence-corrected chi connectivity index (χ1v) is 9.26. The lowest BCUT2D eigenvalue weighted by atomic mass is 10.0. The molecule has 0 saturated heterocycles. The Morgan fingerprint density at radius 1 is 1.21 bits per heavy atom. The summed E-state index contributed by atoms with van der Waals surface area (Å²) >= 11 is 16.5. The van der Waals surface area contributed by atoms with Crippen molar-refractivity contribution < 1.29 is 28.9 Å². The first-order chi connectivity index (χ1) is 13.1. The van der Waals surface area contributed by atoms with Crippen LogP contribution in [-0.4, -0.2) is 52.9 Å². The van der Waals surface area contributed by atoms with Crippen LogP contribution in [0, 0.1) is 0 Å². The lowest BCUT2D eigenvalue weighted by Crippen LogP contribution is -2.54. The molecule has 0 bridgehead atoms. The minimum atomic E-state index is -2.26. The summed E-state index contributed by atoms with van der Waals surface area (Å²) in [6.07, 6.45) is 1.41. The molecule has 28 heavy (non-hydrogen) atoms. The van der Waals surface area contributed by atoms with Crippen molar-refractivity contribution in [3.63, 3.8) is 0 Å². The van der Waals surface area contributed by atoms with Gasteiger partial charge in [-0.3, -0.25) is 4.79 Å². The Morgan fingerprint density at radius 2 is 1.86 bits per heavy atom. The zero-order valence-electron chi connectivity index (χ0n) is 15.4. The molecular formula is C18H22Cl3NO6. The molecule has 1 aromatic rings. The van der Waals surface area contributed by atoms with Crippen molar-refractivity contribution in [3.8, 4) is 0 Å². The van der Waals surface area contributed by atoms with Crippen molar-refractivity contribution in [2.24, 2.45) is 0 Å². The molecule has 0 fully saturated rings. The summed E-state index contributed by atoms with van der Waals surface area (Å²) in [5, 5.41) is 12.2. The van der Waals surface area contributed by atoms with E-state index in [-0.39, 0.29) is 13.4 Å². The molecule has 0 radical (unpaired) electrons. The second-order valence-corrected chi connectivity index (χ2v) is 8.18. The lowest BCUT2D eigenvalue weighted by molar-refractivity contribution is -0.147. The SMILES string of the molecule is COC(=O)[C@](C)(/C=C/[C@@H](O)COCOCc1ccccc1)NC(=O)C(Cl)(Cl)Cl. The van der Waals surface area contributed by atoms with E-state index in [9.17, 15) is 14.7 Å². The Morgan fingerprint density at radius 3 is 2.43 bits per heavy atom. The summed E-state index contributed by atoms with van der Waals surface area (Å²) < 4.78 is 12.9. The van der Waals surface area contributed by atoms with Gasteiger partial charge in [-0.05, 0) is 18.6 Å². The number of aliphatic hydroxyl groups is 1. The predicted molar refractivity (Wildman–Crippen MR) is 106 cm³/mol. The molecule has 1 aromatic carbocycles. The molecule has 0 aliphatic carbocycles. The van der Waals surface area contributed by atoms with Crippen LogP contribution in [0.5, 0.6) is 0 Å². The lowest BCUT2D eigenvalue weighted by Gasteiger charge is -2.26. The quantitative estimate of drug-likeness (QED) is 0.185. The topological polar surface area (TPSA) is 94.1 Å². The number of nitrogens with one attached hydrogen (secondary N) is 1. The normalized spacial score (nSPS) is 15.1. The van der Waals surface area contributed by atoms with Gasteiger partial charge in [0.25, 0.3) is 9.70 Å². The highest BCUT2D eigenvalue weighted by Crippen LogP contribution is 2.27. The Hall–Kier alpha value is -1.35. The third-order valence-corrected chi connectivity index (χ3v) is 3.97. The van der Waals surface area contributed by atoms with Crippen molar-refractivity contribution in [2.75, 3.05) is 20.5 Å². The fourth-order valence-corrected chi connectivity index (χ4v) is 2.14. The van der Waals surface area contributed by atoms with E-state index in [1.54, 1.807) is 0 Å². The van der Waals surface area contributed by atoms with E-state index in [1.165, 1.54) is 19.1 Å². The van der Waals surface area contributed by atoms with Crippen LogP contribution in [0.4, 0.5) is 0 Å². The zero-order chi connectivity index (χ0) is 21.2. The van der Waals surface area contributed by atoms with Crippen molar-refractivity contribution in [3.05, 3.63) is 48.0 Å². The van der Waals surface area contributed by atoms with Gasteiger partial charge < -0.3 is 24.6 Å². The number of halogens is 3. The number of esters is 1. The summed E-state index contributed by atoms with van der Waals surface area (Å²) in [6.45, 7) is 1.58. The second kappa shape index (κ2) is 11.6. The monoisotopic (exact) mass is 453 g/mol. The Balaban J connectivity index is 2.51. The van der Waals surface area contributed by atoms with E-state index >= 15 is 0 Å². The summed E-state index contributed by atoms with van der Waals surface area (Å²) in [6, 6.07) is 9.52. The average Bonchev–Trinajstić information content (AvgIpc) is 2.65. The largest absolute Gasteiger partial charge is 0.467 e. The first kappa shape index (κ1) is 24.7. The van der Waals surface area contributed by atoms with Crippen molar-refractivity contribution >= 4 is 46.7 Å². The maximum absolute atomic E-state index is 12.0. The van der Waals surface area contributed by atoms with Crippen molar-refractivity contribution in [2.45, 2.75) is 29.0 Å². The second-order valence-electron chi connectivity index (χ2n) is 5.89. The van der Waals surface area contributed by atoms with Crippen LogP contribution in [0.3, 0.4) is 0 Å². The summed E-state index contributed by atoms with van der Waals surface area (Å²) in [5.41, 5.74) is -0.661. The van der Waals surface area contributed by atoms with Crippen LogP contribution >= 0.6 is 34.8 Å². The van der Waals surface area contributed by atoms with Gasteiger partial charge in [-0.15, -0.1) is 0 Å². The Bertz CT molecular complexity index is 665. The zero-order valence-corrected chi connectivity index (χ0v) is 17.6. The van der Waals surface area contributed by atoms with Crippen LogP contribution in [0.1, 0.15) is 12.5 Å². The number of carbonyl (C=O) groups is 2. The van der Waals surface area contributed by atoms with Gasteiger partial charge in [0, 0.05) is 0 Å². The highest BCUT2D eigenvalue weighted by molar-refractivity contribution is 6.76. The van der Waals surface area contributed by atoms with E-state index < -0.39 is 27.3 Å². The smallest absolute Gasteiger partial charge is 0.335 e. The van der Waals surface area contributed by atoms with Crippen LogP contribution < -0.4 is 5.32 Å². The molecule has 0 aliphatic heterocycles. The van der Waals surface area contributed by atoms with E-state index in [2.05, 4.69) is 10.1 Å². The Kier molecular flexibility index (Phi) is 10.2. The van der Waals surface area contributed by atoms with Gasteiger partial charge in [0.15, 0.2) is 5.54 Å². The number of amides is 1. The van der Waals surface area contributed by atoms with Crippen molar-refractivity contribution in [1.82, 2.24) is 5.32 Å². The van der Waals surface area contributed by atoms with Gasteiger partial charge in [0.05, 0.1) is 26.4 Å². The molecule has 0 aliphatic rings. The van der Waals surface area contributed by atoms with Crippen LogP contribution in [-0.2, 0) is 30.4 Å². The molecule has 1 amide bonds. The number of aliphatic hydroxyl groups excluding tert-OH is 1. The molecule has 0 aromatic heterocycles. The molecule has 10 heteroatoms. The number of benzene rings is 1. The van der Waals surface area contributed by atoms with Crippen LogP contribution in [0.25, 0.3) is 0 Å². The number of carbonyl (C=O) groups excluding carboxylic acids is 2. The third-order valence-electron chi connectivity index (χ3n) is 3.46. The number of methoxy groups -OCH3 is 1. The van der Waals surface area contributed by atoms with Gasteiger partial charge in [-0.2, -0.15) is 0 Å². The van der Waals surface area contributed by atoms with Crippen molar-refractivity contribution in [1.29, 1.82) is 0 Å². The molecule has 0 spiro atoms. The third kappa shape index (κ3) is 8.77. The molecular weight excluding hydrogens is 433 g/mol.